The van der Waals surface area contributed by atoms with Gasteiger partial charge in [0, 0.05) is 39.6 Å². The SMILES string of the molecule is CCOC(=O)c1c(C(c2ccccc2)c2[nH]c3ccccc3c2CCC(=O)O)[nH]c2ccccc12. The van der Waals surface area contributed by atoms with Crippen molar-refractivity contribution >= 4 is 33.7 Å². The highest BCUT2D eigenvalue weighted by atomic mass is 16.5. The van der Waals surface area contributed by atoms with E-state index in [9.17, 15) is 14.7 Å². The van der Waals surface area contributed by atoms with Gasteiger partial charge >= 0.3 is 11.9 Å². The van der Waals surface area contributed by atoms with Crippen LogP contribution in [-0.2, 0) is 16.0 Å². The molecule has 0 saturated carbocycles. The average molecular weight is 467 g/mol. The number of hydrogen-bond donors (Lipinski definition) is 3. The number of aromatic amines is 2. The van der Waals surface area contributed by atoms with Crippen molar-refractivity contribution in [3.05, 3.63) is 107 Å². The number of fused-ring (bicyclic) bond motifs is 2. The van der Waals surface area contributed by atoms with Crippen LogP contribution in [0.3, 0.4) is 0 Å². The number of benzene rings is 3. The van der Waals surface area contributed by atoms with E-state index in [1.54, 1.807) is 6.92 Å². The van der Waals surface area contributed by atoms with E-state index in [-0.39, 0.29) is 24.9 Å². The molecular formula is C29H26N2O4. The lowest BCUT2D eigenvalue weighted by Crippen LogP contribution is -2.14. The summed E-state index contributed by atoms with van der Waals surface area (Å²) in [5.74, 6) is -1.60. The van der Waals surface area contributed by atoms with Crippen molar-refractivity contribution in [2.24, 2.45) is 0 Å². The summed E-state index contributed by atoms with van der Waals surface area (Å²) in [6.45, 7) is 2.06. The molecule has 0 aliphatic carbocycles. The molecule has 0 bridgehead atoms. The Morgan fingerprint density at radius 3 is 2.11 bits per heavy atom. The van der Waals surface area contributed by atoms with Crippen molar-refractivity contribution < 1.29 is 19.4 Å². The number of carboxylic acid groups (broad SMARTS) is 1. The summed E-state index contributed by atoms with van der Waals surface area (Å²) in [5, 5.41) is 11.2. The van der Waals surface area contributed by atoms with Crippen LogP contribution in [0, 0.1) is 0 Å². The number of H-pyrrole nitrogens is 2. The molecule has 0 fully saturated rings. The molecule has 2 heterocycles. The molecule has 176 valence electrons. The van der Waals surface area contributed by atoms with Gasteiger partial charge in [-0.2, -0.15) is 0 Å². The predicted octanol–water partition coefficient (Wildman–Crippen LogP) is 6.02. The Kier molecular flexibility index (Phi) is 6.10. The van der Waals surface area contributed by atoms with E-state index in [2.05, 4.69) is 9.97 Å². The van der Waals surface area contributed by atoms with Crippen LogP contribution in [0.5, 0.6) is 0 Å². The Labute approximate surface area is 202 Å². The van der Waals surface area contributed by atoms with Crippen molar-refractivity contribution in [1.29, 1.82) is 0 Å². The Morgan fingerprint density at radius 1 is 0.829 bits per heavy atom. The van der Waals surface area contributed by atoms with Gasteiger partial charge in [-0.1, -0.05) is 66.7 Å². The minimum absolute atomic E-state index is 0.00773. The minimum atomic E-state index is -0.852. The first-order valence-electron chi connectivity index (χ1n) is 11.7. The second-order valence-corrected chi connectivity index (χ2v) is 8.48. The third-order valence-electron chi connectivity index (χ3n) is 6.36. The number of aliphatic carboxylic acids is 1. The smallest absolute Gasteiger partial charge is 0.340 e. The number of carbonyl (C=O) groups excluding carboxylic acids is 1. The standard InChI is InChI=1S/C29H26N2O4/c1-2-35-29(34)26-21-13-7-9-15-23(21)31-28(26)25(18-10-4-3-5-11-18)27-20(16-17-24(32)33)19-12-6-8-14-22(19)30-27/h3-15,25,30-31H,2,16-17H2,1H3,(H,32,33). The Hall–Kier alpha value is -4.32. The first kappa shape index (κ1) is 22.5. The molecule has 0 amide bonds. The first-order valence-corrected chi connectivity index (χ1v) is 11.7. The highest BCUT2D eigenvalue weighted by molar-refractivity contribution is 6.06. The van der Waals surface area contributed by atoms with E-state index in [1.165, 1.54) is 0 Å². The largest absolute Gasteiger partial charge is 0.481 e. The minimum Gasteiger partial charge on any atom is -0.481 e. The van der Waals surface area contributed by atoms with Crippen LogP contribution in [-0.4, -0.2) is 33.6 Å². The Balaban J connectivity index is 1.81. The number of hydrogen-bond acceptors (Lipinski definition) is 3. The number of carboxylic acids is 1. The van der Waals surface area contributed by atoms with Gasteiger partial charge < -0.3 is 19.8 Å². The molecular weight excluding hydrogens is 440 g/mol. The summed E-state index contributed by atoms with van der Waals surface area (Å²) in [5.41, 5.74) is 5.78. The van der Waals surface area contributed by atoms with Gasteiger partial charge in [0.05, 0.1) is 18.1 Å². The summed E-state index contributed by atoms with van der Waals surface area (Å²) in [4.78, 5) is 31.8. The van der Waals surface area contributed by atoms with E-state index in [0.717, 1.165) is 44.3 Å². The van der Waals surface area contributed by atoms with Gasteiger partial charge in [0.1, 0.15) is 0 Å². The lowest BCUT2D eigenvalue weighted by molar-refractivity contribution is -0.136. The van der Waals surface area contributed by atoms with Crippen molar-refractivity contribution in [3.8, 4) is 0 Å². The molecule has 0 aliphatic heterocycles. The molecule has 35 heavy (non-hydrogen) atoms. The number of rotatable bonds is 8. The number of aryl methyl sites for hydroxylation is 1. The lowest BCUT2D eigenvalue weighted by atomic mass is 9.86. The zero-order chi connectivity index (χ0) is 24.4. The number of carbonyl (C=O) groups is 2. The highest BCUT2D eigenvalue weighted by Gasteiger charge is 2.31. The molecule has 0 radical (unpaired) electrons. The van der Waals surface area contributed by atoms with Gasteiger partial charge in [-0.25, -0.2) is 4.79 Å². The normalized spacial score (nSPS) is 12.1. The van der Waals surface area contributed by atoms with Crippen LogP contribution in [0.25, 0.3) is 21.8 Å². The van der Waals surface area contributed by atoms with Crippen LogP contribution in [0.4, 0.5) is 0 Å². The maximum absolute atomic E-state index is 13.2. The summed E-state index contributed by atoms with van der Waals surface area (Å²) in [7, 11) is 0. The molecule has 1 unspecified atom stereocenters. The van der Waals surface area contributed by atoms with E-state index in [4.69, 9.17) is 4.74 Å². The van der Waals surface area contributed by atoms with Crippen molar-refractivity contribution in [2.45, 2.75) is 25.7 Å². The van der Waals surface area contributed by atoms with Crippen LogP contribution >= 0.6 is 0 Å². The maximum Gasteiger partial charge on any atom is 0.340 e. The van der Waals surface area contributed by atoms with Gasteiger partial charge in [-0.05, 0) is 36.6 Å². The van der Waals surface area contributed by atoms with Gasteiger partial charge in [-0.3, -0.25) is 4.79 Å². The van der Waals surface area contributed by atoms with E-state index < -0.39 is 5.97 Å². The maximum atomic E-state index is 13.2. The number of ether oxygens (including phenoxy) is 1. The van der Waals surface area contributed by atoms with E-state index in [0.29, 0.717) is 12.0 Å². The van der Waals surface area contributed by atoms with Gasteiger partial charge in [0.25, 0.3) is 0 Å². The second kappa shape index (κ2) is 9.50. The molecule has 1 atom stereocenters. The number of nitrogens with one attached hydrogen (secondary N) is 2. The van der Waals surface area contributed by atoms with Crippen LogP contribution < -0.4 is 0 Å². The second-order valence-electron chi connectivity index (χ2n) is 8.48. The first-order chi connectivity index (χ1) is 17.1. The fraction of sp³-hybridized carbons (Fsp3) is 0.172. The van der Waals surface area contributed by atoms with Crippen molar-refractivity contribution in [1.82, 2.24) is 9.97 Å². The molecule has 3 aromatic carbocycles. The third kappa shape index (κ3) is 4.19. The fourth-order valence-corrected chi connectivity index (χ4v) is 4.89. The Bertz CT molecular complexity index is 1510. The van der Waals surface area contributed by atoms with Gasteiger partial charge in [0.2, 0.25) is 0 Å². The molecule has 5 aromatic rings. The Morgan fingerprint density at radius 2 is 1.43 bits per heavy atom. The number of aromatic nitrogens is 2. The number of esters is 1. The summed E-state index contributed by atoms with van der Waals surface area (Å²) in [6, 6.07) is 25.5. The molecule has 6 nitrogen and oxygen atoms in total. The van der Waals surface area contributed by atoms with Crippen molar-refractivity contribution in [3.63, 3.8) is 0 Å². The summed E-state index contributed by atoms with van der Waals surface area (Å²) in [6.07, 6.45) is 0.376. The van der Waals surface area contributed by atoms with E-state index >= 15 is 0 Å². The van der Waals surface area contributed by atoms with E-state index in [1.807, 2.05) is 78.9 Å². The third-order valence-corrected chi connectivity index (χ3v) is 6.36. The summed E-state index contributed by atoms with van der Waals surface area (Å²) < 4.78 is 5.48. The van der Waals surface area contributed by atoms with Crippen LogP contribution in [0.15, 0.2) is 78.9 Å². The zero-order valence-corrected chi connectivity index (χ0v) is 19.4. The molecule has 0 saturated heterocycles. The van der Waals surface area contributed by atoms with Crippen LogP contribution in [0.1, 0.15) is 52.1 Å². The molecule has 6 heteroatoms. The highest BCUT2D eigenvalue weighted by Crippen LogP contribution is 2.40. The predicted molar refractivity (Wildman–Crippen MR) is 136 cm³/mol. The molecule has 5 rings (SSSR count). The monoisotopic (exact) mass is 466 g/mol. The quantitative estimate of drug-likeness (QED) is 0.244. The molecule has 0 spiro atoms. The molecule has 3 N–H and O–H groups in total. The topological polar surface area (TPSA) is 95.2 Å². The lowest BCUT2D eigenvalue weighted by Gasteiger charge is -2.19. The van der Waals surface area contributed by atoms with Crippen LogP contribution in [0.2, 0.25) is 0 Å². The van der Waals surface area contributed by atoms with Gasteiger partial charge in [0.15, 0.2) is 0 Å². The van der Waals surface area contributed by atoms with Gasteiger partial charge in [-0.15, -0.1) is 0 Å². The number of para-hydroxylation sites is 2. The molecule has 0 aliphatic rings. The van der Waals surface area contributed by atoms with Crippen molar-refractivity contribution in [2.75, 3.05) is 6.61 Å². The zero-order valence-electron chi connectivity index (χ0n) is 19.4. The molecule has 2 aromatic heterocycles. The summed E-state index contributed by atoms with van der Waals surface area (Å²) >= 11 is 0. The fourth-order valence-electron chi connectivity index (χ4n) is 4.89. The average Bonchev–Trinajstić information content (AvgIpc) is 3.42.